The largest absolute Gasteiger partial charge is 0.326 e. The van der Waals surface area contributed by atoms with Crippen LogP contribution in [0.1, 0.15) is 74.1 Å². The second-order valence-electron chi connectivity index (χ2n) is 7.97. The summed E-state index contributed by atoms with van der Waals surface area (Å²) in [6.45, 7) is 3.51. The molecule has 0 unspecified atom stereocenters. The summed E-state index contributed by atoms with van der Waals surface area (Å²) >= 11 is 0. The molecule has 1 saturated carbocycles. The summed E-state index contributed by atoms with van der Waals surface area (Å²) in [6.07, 6.45) is 9.22. The van der Waals surface area contributed by atoms with Gasteiger partial charge in [-0.15, -0.1) is 0 Å². The van der Waals surface area contributed by atoms with Crippen molar-refractivity contribution in [2.24, 2.45) is 17.4 Å². The van der Waals surface area contributed by atoms with E-state index in [9.17, 15) is 0 Å². The first-order chi connectivity index (χ1) is 12.7. The minimum absolute atomic E-state index is 0.142. The highest BCUT2D eigenvalue weighted by Crippen LogP contribution is 2.47. The van der Waals surface area contributed by atoms with Crippen LogP contribution in [0.2, 0.25) is 0 Å². The SMILES string of the molecule is CCCCC1CCC(c2ccc(CN)cc2)(c2ccc(CN)cc2)CC1. The van der Waals surface area contributed by atoms with E-state index in [1.807, 2.05) is 0 Å². The van der Waals surface area contributed by atoms with Crippen LogP contribution in [0.3, 0.4) is 0 Å². The molecule has 26 heavy (non-hydrogen) atoms. The molecule has 0 bridgehead atoms. The van der Waals surface area contributed by atoms with Crippen LogP contribution in [0.4, 0.5) is 0 Å². The normalized spacial score (nSPS) is 17.3. The molecule has 0 radical (unpaired) electrons. The van der Waals surface area contributed by atoms with Gasteiger partial charge in [-0.3, -0.25) is 0 Å². The maximum atomic E-state index is 5.81. The third-order valence-electron chi connectivity index (χ3n) is 6.41. The first-order valence-corrected chi connectivity index (χ1v) is 10.3. The van der Waals surface area contributed by atoms with Crippen molar-refractivity contribution in [1.29, 1.82) is 0 Å². The molecule has 3 rings (SSSR count). The number of benzene rings is 2. The monoisotopic (exact) mass is 350 g/mol. The predicted molar refractivity (Wildman–Crippen MR) is 111 cm³/mol. The zero-order valence-electron chi connectivity index (χ0n) is 16.2. The summed E-state index contributed by atoms with van der Waals surface area (Å²) in [5.74, 6) is 0.898. The van der Waals surface area contributed by atoms with Crippen molar-refractivity contribution in [3.63, 3.8) is 0 Å². The fourth-order valence-corrected chi connectivity index (χ4v) is 4.62. The Morgan fingerprint density at radius 2 is 1.27 bits per heavy atom. The number of nitrogens with two attached hydrogens (primary N) is 2. The van der Waals surface area contributed by atoms with Crippen LogP contribution >= 0.6 is 0 Å². The quantitative estimate of drug-likeness (QED) is 0.714. The fourth-order valence-electron chi connectivity index (χ4n) is 4.62. The van der Waals surface area contributed by atoms with Gasteiger partial charge in [0.1, 0.15) is 0 Å². The highest BCUT2D eigenvalue weighted by atomic mass is 14.5. The van der Waals surface area contributed by atoms with Gasteiger partial charge >= 0.3 is 0 Å². The summed E-state index contributed by atoms with van der Waals surface area (Å²) < 4.78 is 0. The van der Waals surface area contributed by atoms with E-state index in [4.69, 9.17) is 11.5 Å². The van der Waals surface area contributed by atoms with Crippen molar-refractivity contribution in [1.82, 2.24) is 0 Å². The van der Waals surface area contributed by atoms with Gasteiger partial charge < -0.3 is 11.5 Å². The van der Waals surface area contributed by atoms with E-state index in [2.05, 4.69) is 55.5 Å². The van der Waals surface area contributed by atoms with Gasteiger partial charge in [-0.2, -0.15) is 0 Å². The highest BCUT2D eigenvalue weighted by Gasteiger charge is 2.38. The summed E-state index contributed by atoms with van der Waals surface area (Å²) in [5, 5.41) is 0. The predicted octanol–water partition coefficient (Wildman–Crippen LogP) is 5.27. The van der Waals surface area contributed by atoms with Crippen molar-refractivity contribution < 1.29 is 0 Å². The van der Waals surface area contributed by atoms with Gasteiger partial charge in [-0.25, -0.2) is 0 Å². The molecule has 2 heteroatoms. The third kappa shape index (κ3) is 4.02. The lowest BCUT2D eigenvalue weighted by molar-refractivity contribution is 0.251. The molecule has 1 aliphatic rings. The van der Waals surface area contributed by atoms with Gasteiger partial charge in [0.2, 0.25) is 0 Å². The molecule has 4 N–H and O–H groups in total. The first-order valence-electron chi connectivity index (χ1n) is 10.3. The Hall–Kier alpha value is -1.64. The molecule has 0 amide bonds. The van der Waals surface area contributed by atoms with Crippen LogP contribution < -0.4 is 11.5 Å². The Morgan fingerprint density at radius 1 is 0.808 bits per heavy atom. The van der Waals surface area contributed by atoms with Crippen molar-refractivity contribution in [3.05, 3.63) is 70.8 Å². The molecule has 0 heterocycles. The zero-order chi connectivity index (χ0) is 18.4. The standard InChI is InChI=1S/C24H34N2/c1-2-3-4-19-13-15-24(16-14-19,22-9-5-20(17-25)6-10-22)23-11-7-21(18-26)8-12-23/h5-12,19H,2-4,13-18,25-26H2,1H3. The third-order valence-corrected chi connectivity index (χ3v) is 6.41. The lowest BCUT2D eigenvalue weighted by atomic mass is 9.62. The highest BCUT2D eigenvalue weighted by molar-refractivity contribution is 5.42. The summed E-state index contributed by atoms with van der Waals surface area (Å²) in [7, 11) is 0. The Morgan fingerprint density at radius 3 is 1.65 bits per heavy atom. The second-order valence-corrected chi connectivity index (χ2v) is 7.97. The Kier molecular flexibility index (Phi) is 6.50. The molecule has 1 aliphatic carbocycles. The minimum Gasteiger partial charge on any atom is -0.326 e. The molecule has 0 aliphatic heterocycles. The minimum atomic E-state index is 0.142. The van der Waals surface area contributed by atoms with E-state index in [1.54, 1.807) is 0 Å². The first kappa shape index (κ1) is 19.1. The molecular weight excluding hydrogens is 316 g/mol. The number of rotatable bonds is 7. The van der Waals surface area contributed by atoms with Crippen LogP contribution in [-0.2, 0) is 18.5 Å². The molecule has 140 valence electrons. The summed E-state index contributed by atoms with van der Waals surface area (Å²) in [4.78, 5) is 0. The van der Waals surface area contributed by atoms with E-state index in [0.29, 0.717) is 13.1 Å². The molecule has 0 saturated heterocycles. The van der Waals surface area contributed by atoms with Crippen LogP contribution in [0.25, 0.3) is 0 Å². The number of unbranched alkanes of at least 4 members (excludes halogenated alkanes) is 1. The fraction of sp³-hybridized carbons (Fsp3) is 0.500. The molecule has 0 atom stereocenters. The van der Waals surface area contributed by atoms with Crippen LogP contribution in [0, 0.1) is 5.92 Å². The average Bonchev–Trinajstić information content (AvgIpc) is 2.73. The topological polar surface area (TPSA) is 52.0 Å². The van der Waals surface area contributed by atoms with Crippen molar-refractivity contribution >= 4 is 0 Å². The van der Waals surface area contributed by atoms with E-state index < -0.39 is 0 Å². The number of hydrogen-bond acceptors (Lipinski definition) is 2. The zero-order valence-corrected chi connectivity index (χ0v) is 16.2. The van der Waals surface area contributed by atoms with E-state index in [1.165, 1.54) is 67.2 Å². The summed E-state index contributed by atoms with van der Waals surface area (Å²) in [6, 6.07) is 18.1. The van der Waals surface area contributed by atoms with Gasteiger partial charge in [0.25, 0.3) is 0 Å². The maximum absolute atomic E-state index is 5.81. The second kappa shape index (κ2) is 8.83. The molecule has 2 aromatic rings. The van der Waals surface area contributed by atoms with E-state index in [-0.39, 0.29) is 5.41 Å². The van der Waals surface area contributed by atoms with Gasteiger partial charge in [-0.1, -0.05) is 74.7 Å². The molecule has 2 aromatic carbocycles. The van der Waals surface area contributed by atoms with Crippen LogP contribution in [0.15, 0.2) is 48.5 Å². The van der Waals surface area contributed by atoms with Crippen molar-refractivity contribution in [2.45, 2.75) is 70.4 Å². The smallest absolute Gasteiger partial charge is 0.0203 e. The Bertz CT molecular complexity index is 615. The van der Waals surface area contributed by atoms with Gasteiger partial charge in [0.15, 0.2) is 0 Å². The molecular formula is C24H34N2. The van der Waals surface area contributed by atoms with Crippen molar-refractivity contribution in [3.8, 4) is 0 Å². The molecule has 2 nitrogen and oxygen atoms in total. The number of hydrogen-bond donors (Lipinski definition) is 2. The Labute approximate surface area is 159 Å². The maximum Gasteiger partial charge on any atom is 0.0203 e. The molecule has 0 spiro atoms. The molecule has 1 fully saturated rings. The van der Waals surface area contributed by atoms with Gasteiger partial charge in [-0.05, 0) is 53.9 Å². The van der Waals surface area contributed by atoms with Gasteiger partial charge in [0, 0.05) is 18.5 Å². The average molecular weight is 351 g/mol. The van der Waals surface area contributed by atoms with E-state index >= 15 is 0 Å². The molecule has 0 aromatic heterocycles. The van der Waals surface area contributed by atoms with Crippen molar-refractivity contribution in [2.75, 3.05) is 0 Å². The lowest BCUT2D eigenvalue weighted by Gasteiger charge is -2.41. The Balaban J connectivity index is 1.90. The van der Waals surface area contributed by atoms with Crippen LogP contribution in [-0.4, -0.2) is 0 Å². The summed E-state index contributed by atoms with van der Waals surface area (Å²) in [5.41, 5.74) is 17.1. The van der Waals surface area contributed by atoms with Crippen LogP contribution in [0.5, 0.6) is 0 Å². The van der Waals surface area contributed by atoms with E-state index in [0.717, 1.165) is 5.92 Å². The van der Waals surface area contributed by atoms with Gasteiger partial charge in [0.05, 0.1) is 0 Å². The lowest BCUT2D eigenvalue weighted by Crippen LogP contribution is -2.33.